The summed E-state index contributed by atoms with van der Waals surface area (Å²) in [4.78, 5) is 4.83. The van der Waals surface area contributed by atoms with Crippen LogP contribution in [-0.2, 0) is 17.4 Å². The fourth-order valence-corrected chi connectivity index (χ4v) is 4.43. The van der Waals surface area contributed by atoms with E-state index in [1.807, 2.05) is 6.08 Å². The van der Waals surface area contributed by atoms with Crippen LogP contribution < -0.4 is 0 Å². The van der Waals surface area contributed by atoms with E-state index in [4.69, 9.17) is 4.99 Å². The van der Waals surface area contributed by atoms with Crippen LogP contribution in [0.3, 0.4) is 0 Å². The predicted molar refractivity (Wildman–Crippen MR) is 149 cm³/mol. The van der Waals surface area contributed by atoms with Crippen LogP contribution in [0.15, 0.2) is 83.4 Å². The average molecular weight is 491 g/mol. The third-order valence-electron chi connectivity index (χ3n) is 6.23. The summed E-state index contributed by atoms with van der Waals surface area (Å²) in [5, 5.41) is 0. The van der Waals surface area contributed by atoms with Crippen molar-refractivity contribution in [2.45, 2.75) is 66.7 Å². The molecule has 0 spiro atoms. The molecular formula is C32H40CrN-. The van der Waals surface area contributed by atoms with E-state index >= 15 is 0 Å². The van der Waals surface area contributed by atoms with E-state index in [0.717, 1.165) is 30.7 Å². The fourth-order valence-electron chi connectivity index (χ4n) is 4.43. The molecule has 0 atom stereocenters. The maximum absolute atomic E-state index is 4.83. The molecule has 0 fully saturated rings. The van der Waals surface area contributed by atoms with Gasteiger partial charge in [-0.1, -0.05) is 68.1 Å². The molecule has 1 nitrogen and oxygen atoms in total. The van der Waals surface area contributed by atoms with Crippen molar-refractivity contribution >= 4 is 22.5 Å². The molecule has 0 unspecified atom stereocenters. The summed E-state index contributed by atoms with van der Waals surface area (Å²) in [5.74, 6) is 0. The molecule has 0 aliphatic heterocycles. The molecule has 0 saturated carbocycles. The number of aryl methyl sites for hydroxylation is 2. The van der Waals surface area contributed by atoms with Gasteiger partial charge < -0.3 is 7.43 Å². The van der Waals surface area contributed by atoms with Crippen molar-refractivity contribution in [3.05, 3.63) is 108 Å². The number of aliphatic imine (C=N–C) groups is 1. The van der Waals surface area contributed by atoms with Crippen molar-refractivity contribution in [1.29, 1.82) is 0 Å². The molecule has 34 heavy (non-hydrogen) atoms. The van der Waals surface area contributed by atoms with Gasteiger partial charge in [0.2, 0.25) is 0 Å². The van der Waals surface area contributed by atoms with E-state index in [2.05, 4.69) is 95.8 Å². The zero-order chi connectivity index (χ0) is 23.1. The summed E-state index contributed by atoms with van der Waals surface area (Å²) < 4.78 is 0. The molecule has 2 aromatic rings. The van der Waals surface area contributed by atoms with Gasteiger partial charge in [-0.2, -0.15) is 0 Å². The van der Waals surface area contributed by atoms with E-state index in [1.54, 1.807) is 0 Å². The smallest absolute Gasteiger partial charge is 0.0664 e. The van der Waals surface area contributed by atoms with Gasteiger partial charge in [0, 0.05) is 23.1 Å². The largest absolute Gasteiger partial charge is 0.358 e. The predicted octanol–water partition coefficient (Wildman–Crippen LogP) is 9.80. The maximum Gasteiger partial charge on any atom is 0.0664 e. The summed E-state index contributed by atoms with van der Waals surface area (Å²) in [7, 11) is 0. The topological polar surface area (TPSA) is 12.4 Å². The van der Waals surface area contributed by atoms with Gasteiger partial charge in [-0.15, -0.1) is 0 Å². The molecule has 0 radical (unpaired) electrons. The Morgan fingerprint density at radius 1 is 1.00 bits per heavy atom. The Balaban J connectivity index is 0.00000289. The number of rotatable bonds is 6. The van der Waals surface area contributed by atoms with E-state index < -0.39 is 0 Å². The van der Waals surface area contributed by atoms with Crippen LogP contribution >= 0.6 is 0 Å². The van der Waals surface area contributed by atoms with Crippen molar-refractivity contribution in [1.82, 2.24) is 0 Å². The molecule has 2 heteroatoms. The van der Waals surface area contributed by atoms with Crippen LogP contribution in [0.5, 0.6) is 0 Å². The second kappa shape index (κ2) is 14.1. The van der Waals surface area contributed by atoms with Crippen LogP contribution in [-0.4, -0.2) is 5.71 Å². The molecule has 0 bridgehead atoms. The Hall–Kier alpha value is -2.40. The number of hydrogen-bond donors (Lipinski definition) is 0. The standard InChI is InChI=1S/C31H37N.CH3.Cr/c1-7-25(8-2)18-20-26-14-10-12-16-29(28-15-11-9-13-23(28)5)31(26)27-19-17-24(6)30(21-27)32-22(3)4;;/h7,9,11,13,15,17-21H,1,8,10,12,14,16H2,2-6H3;1H3;/q;-1;/b25-18+,26-20+;;. The van der Waals surface area contributed by atoms with Crippen LogP contribution in [0.25, 0.3) is 11.1 Å². The Bertz CT molecular complexity index is 1110. The molecule has 3 rings (SSSR count). The zero-order valence-corrected chi connectivity index (χ0v) is 23.1. The van der Waals surface area contributed by atoms with Gasteiger partial charge in [-0.05, 0) is 110 Å². The summed E-state index contributed by atoms with van der Waals surface area (Å²) in [6, 6.07) is 15.6. The third kappa shape index (κ3) is 7.30. The van der Waals surface area contributed by atoms with Gasteiger partial charge in [0.15, 0.2) is 0 Å². The first kappa shape index (κ1) is 29.6. The molecule has 2 aromatic carbocycles. The summed E-state index contributed by atoms with van der Waals surface area (Å²) >= 11 is 0. The number of hydrogen-bond acceptors (Lipinski definition) is 1. The number of nitrogens with zero attached hydrogens (tertiary/aromatic N) is 1. The Morgan fingerprint density at radius 3 is 2.35 bits per heavy atom. The van der Waals surface area contributed by atoms with E-state index in [1.165, 1.54) is 57.4 Å². The SMILES string of the molecule is C=C/C(=C\C=C1/CCCCC(c2ccccc2C)=C1c1ccc(C)c(N=C(C)C)c1)CC.[CH3-].[Cr]. The van der Waals surface area contributed by atoms with E-state index in [-0.39, 0.29) is 24.8 Å². The normalized spacial score (nSPS) is 15.2. The van der Waals surface area contributed by atoms with Crippen LogP contribution in [0.1, 0.15) is 75.1 Å². The Labute approximate surface area is 219 Å². The minimum absolute atomic E-state index is 0. The van der Waals surface area contributed by atoms with Gasteiger partial charge in [-0.25, -0.2) is 0 Å². The maximum atomic E-state index is 4.83. The Kier molecular flexibility index (Phi) is 12.3. The molecule has 0 heterocycles. The first-order valence-corrected chi connectivity index (χ1v) is 11.9. The van der Waals surface area contributed by atoms with Crippen molar-refractivity contribution in [2.75, 3.05) is 0 Å². The molecule has 0 aromatic heterocycles. The van der Waals surface area contributed by atoms with Gasteiger partial charge >= 0.3 is 0 Å². The third-order valence-corrected chi connectivity index (χ3v) is 6.23. The van der Waals surface area contributed by atoms with E-state index in [0.29, 0.717) is 0 Å². The van der Waals surface area contributed by atoms with Crippen molar-refractivity contribution in [3.63, 3.8) is 0 Å². The number of benzene rings is 2. The van der Waals surface area contributed by atoms with Gasteiger partial charge in [0.25, 0.3) is 0 Å². The average Bonchev–Trinajstić information content (AvgIpc) is 2.98. The van der Waals surface area contributed by atoms with E-state index in [9.17, 15) is 0 Å². The van der Waals surface area contributed by atoms with Gasteiger partial charge in [0.1, 0.15) is 0 Å². The first-order chi connectivity index (χ1) is 15.4. The monoisotopic (exact) mass is 490 g/mol. The summed E-state index contributed by atoms with van der Waals surface area (Å²) in [6.45, 7) is 14.7. The van der Waals surface area contributed by atoms with Crippen molar-refractivity contribution in [2.24, 2.45) is 4.99 Å². The molecule has 180 valence electrons. The minimum atomic E-state index is 0. The second-order valence-corrected chi connectivity index (χ2v) is 8.93. The van der Waals surface area contributed by atoms with Crippen LogP contribution in [0.2, 0.25) is 0 Å². The first-order valence-electron chi connectivity index (χ1n) is 11.9. The summed E-state index contributed by atoms with van der Waals surface area (Å²) in [6.07, 6.45) is 12.2. The second-order valence-electron chi connectivity index (χ2n) is 8.93. The summed E-state index contributed by atoms with van der Waals surface area (Å²) in [5.41, 5.74) is 12.9. The minimum Gasteiger partial charge on any atom is -0.358 e. The molecule has 1 aliphatic carbocycles. The van der Waals surface area contributed by atoms with Crippen molar-refractivity contribution in [3.8, 4) is 0 Å². The zero-order valence-electron chi connectivity index (χ0n) is 21.9. The molecular weight excluding hydrogens is 450 g/mol. The fraction of sp³-hybridized carbons (Fsp3) is 0.312. The molecule has 1 aliphatic rings. The molecule has 0 amide bonds. The quantitative estimate of drug-likeness (QED) is 0.217. The number of allylic oxidation sites excluding steroid dienone is 7. The van der Waals surface area contributed by atoms with Gasteiger partial charge in [-0.3, -0.25) is 4.99 Å². The van der Waals surface area contributed by atoms with Crippen LogP contribution in [0.4, 0.5) is 5.69 Å². The Morgan fingerprint density at radius 2 is 1.71 bits per heavy atom. The van der Waals surface area contributed by atoms with Gasteiger partial charge in [0.05, 0.1) is 5.69 Å². The molecule has 0 N–H and O–H groups in total. The van der Waals surface area contributed by atoms with Crippen molar-refractivity contribution < 1.29 is 17.4 Å². The molecule has 0 saturated heterocycles. The van der Waals surface area contributed by atoms with Crippen LogP contribution in [0, 0.1) is 21.3 Å².